The lowest BCUT2D eigenvalue weighted by molar-refractivity contribution is -0.120. The second kappa shape index (κ2) is 11.4. The van der Waals surface area contributed by atoms with E-state index in [1.165, 1.54) is 0 Å². The van der Waals surface area contributed by atoms with Crippen molar-refractivity contribution in [1.82, 2.24) is 15.3 Å². The number of nitrogens with one attached hydrogen (secondary N) is 3. The first-order chi connectivity index (χ1) is 18.3. The largest absolute Gasteiger partial charge is 0.357 e. The molecular formula is C30H39N5O2S. The van der Waals surface area contributed by atoms with Crippen LogP contribution >= 0.6 is 11.8 Å². The summed E-state index contributed by atoms with van der Waals surface area (Å²) in [4.78, 5) is 36.7. The number of aromatic nitrogens is 2. The van der Waals surface area contributed by atoms with Crippen LogP contribution in [0.2, 0.25) is 0 Å². The van der Waals surface area contributed by atoms with Crippen molar-refractivity contribution >= 4 is 34.8 Å². The zero-order valence-corrected chi connectivity index (χ0v) is 23.5. The molecule has 202 valence electrons. The highest BCUT2D eigenvalue weighted by Gasteiger charge is 2.43. The lowest BCUT2D eigenvalue weighted by Gasteiger charge is -2.41. The summed E-state index contributed by atoms with van der Waals surface area (Å²) in [5.74, 6) is 2.12. The first-order valence-corrected chi connectivity index (χ1v) is 14.8. The van der Waals surface area contributed by atoms with Crippen LogP contribution < -0.4 is 15.5 Å². The maximum Gasteiger partial charge on any atom is 0.239 e. The lowest BCUT2D eigenvalue weighted by Crippen LogP contribution is -2.50. The van der Waals surface area contributed by atoms with E-state index < -0.39 is 0 Å². The molecule has 2 aromatic rings. The molecule has 0 saturated heterocycles. The molecule has 0 radical (unpaired) electrons. The number of imidazole rings is 1. The second-order valence-electron chi connectivity index (χ2n) is 11.5. The van der Waals surface area contributed by atoms with Crippen molar-refractivity contribution in [3.05, 3.63) is 65.4 Å². The summed E-state index contributed by atoms with van der Waals surface area (Å²) < 4.78 is 0. The molecule has 7 nitrogen and oxygen atoms in total. The molecule has 5 rings (SSSR count). The topological polar surface area (TPSA) is 90.1 Å². The summed E-state index contributed by atoms with van der Waals surface area (Å²) in [5.41, 5.74) is 5.94. The van der Waals surface area contributed by atoms with Gasteiger partial charge in [-0.2, -0.15) is 11.8 Å². The molecule has 0 spiro atoms. The van der Waals surface area contributed by atoms with E-state index in [4.69, 9.17) is 0 Å². The summed E-state index contributed by atoms with van der Waals surface area (Å²) >= 11 is 1.76. The Labute approximate surface area is 229 Å². The van der Waals surface area contributed by atoms with Crippen molar-refractivity contribution in [3.8, 4) is 0 Å². The van der Waals surface area contributed by atoms with Crippen molar-refractivity contribution in [2.75, 3.05) is 29.1 Å². The number of amides is 1. The maximum atomic E-state index is 13.7. The highest BCUT2D eigenvalue weighted by molar-refractivity contribution is 7.98. The molecule has 38 heavy (non-hydrogen) atoms. The van der Waals surface area contributed by atoms with Gasteiger partial charge in [0.25, 0.3) is 0 Å². The zero-order valence-electron chi connectivity index (χ0n) is 22.7. The standard InChI is InChI=1S/C30H39N5O2S/c1-20-24(33-19-32-20)18-38-14-13-31-27(37)17-35-25-12-8-7-11-22(25)34-23-15-30(2,3)16-26(36)28(23)29(35)21-9-5-4-6-10-21/h4-5,7-8,11-12,19,21,29,34H,6,9-10,13-18H2,1-3H3,(H,31,37)(H,32,33). The predicted octanol–water partition coefficient (Wildman–Crippen LogP) is 5.37. The van der Waals surface area contributed by atoms with Crippen molar-refractivity contribution in [3.63, 3.8) is 0 Å². The average Bonchev–Trinajstić information content (AvgIpc) is 3.23. The fourth-order valence-electron chi connectivity index (χ4n) is 6.04. The molecular weight excluding hydrogens is 494 g/mol. The number of carbonyl (C=O) groups is 2. The lowest BCUT2D eigenvalue weighted by atomic mass is 9.71. The van der Waals surface area contributed by atoms with E-state index in [0.29, 0.717) is 13.0 Å². The van der Waals surface area contributed by atoms with Crippen LogP contribution in [0.25, 0.3) is 0 Å². The van der Waals surface area contributed by atoms with Gasteiger partial charge >= 0.3 is 0 Å². The number of hydrogen-bond acceptors (Lipinski definition) is 6. The number of ketones is 1. The maximum absolute atomic E-state index is 13.7. The predicted molar refractivity (Wildman–Crippen MR) is 155 cm³/mol. The Kier molecular flexibility index (Phi) is 7.98. The highest BCUT2D eigenvalue weighted by atomic mass is 32.2. The number of aryl methyl sites for hydroxylation is 1. The molecule has 2 unspecified atom stereocenters. The van der Waals surface area contributed by atoms with Crippen LogP contribution in [0.5, 0.6) is 0 Å². The number of Topliss-reactive ketones (excluding diaryl/α,β-unsaturated/α-hetero) is 1. The summed E-state index contributed by atoms with van der Waals surface area (Å²) in [6.07, 6.45) is 10.5. The van der Waals surface area contributed by atoms with E-state index in [1.807, 2.05) is 19.1 Å². The number of para-hydroxylation sites is 2. The second-order valence-corrected chi connectivity index (χ2v) is 12.6. The Hall–Kier alpha value is -3.00. The smallest absolute Gasteiger partial charge is 0.239 e. The number of benzene rings is 1. The fourth-order valence-corrected chi connectivity index (χ4v) is 6.91. The van der Waals surface area contributed by atoms with Crippen molar-refractivity contribution < 1.29 is 9.59 Å². The highest BCUT2D eigenvalue weighted by Crippen LogP contribution is 2.46. The van der Waals surface area contributed by atoms with E-state index in [1.54, 1.807) is 18.1 Å². The molecule has 1 aromatic heterocycles. The van der Waals surface area contributed by atoms with E-state index in [2.05, 4.69) is 63.6 Å². The molecule has 2 aliphatic carbocycles. The number of rotatable bonds is 8. The van der Waals surface area contributed by atoms with E-state index in [-0.39, 0.29) is 35.6 Å². The Balaban J connectivity index is 1.37. The molecule has 3 aliphatic rings. The SMILES string of the molecule is Cc1[nH]cnc1CSCCNC(=O)CN1c2ccccc2NC2=C(C(=O)CC(C)(C)C2)C1C1CC=CCC1. The van der Waals surface area contributed by atoms with Gasteiger partial charge in [-0.05, 0) is 56.1 Å². The fraction of sp³-hybridized carbons (Fsp3) is 0.500. The number of hydrogen-bond donors (Lipinski definition) is 3. The van der Waals surface area contributed by atoms with Gasteiger partial charge in [0.1, 0.15) is 0 Å². The number of H-pyrrole nitrogens is 1. The van der Waals surface area contributed by atoms with Gasteiger partial charge in [0.2, 0.25) is 5.91 Å². The van der Waals surface area contributed by atoms with Crippen molar-refractivity contribution in [1.29, 1.82) is 0 Å². The minimum atomic E-state index is -0.127. The van der Waals surface area contributed by atoms with Gasteiger partial charge in [-0.3, -0.25) is 9.59 Å². The summed E-state index contributed by atoms with van der Waals surface area (Å²) in [6, 6.07) is 8.05. The minimum Gasteiger partial charge on any atom is -0.357 e. The zero-order chi connectivity index (χ0) is 26.7. The molecule has 0 fully saturated rings. The number of allylic oxidation sites excluding steroid dienone is 3. The molecule has 1 amide bonds. The van der Waals surface area contributed by atoms with Gasteiger partial charge in [0, 0.05) is 41.4 Å². The van der Waals surface area contributed by atoms with E-state index >= 15 is 0 Å². The molecule has 0 bridgehead atoms. The molecule has 3 N–H and O–H groups in total. The van der Waals surface area contributed by atoms with Gasteiger partial charge in [-0.25, -0.2) is 4.98 Å². The summed E-state index contributed by atoms with van der Waals surface area (Å²) in [6.45, 7) is 7.18. The van der Waals surface area contributed by atoms with Gasteiger partial charge in [-0.1, -0.05) is 38.1 Å². The van der Waals surface area contributed by atoms with Gasteiger partial charge < -0.3 is 20.5 Å². The van der Waals surface area contributed by atoms with E-state index in [9.17, 15) is 9.59 Å². The molecule has 0 saturated carbocycles. The van der Waals surface area contributed by atoms with Crippen molar-refractivity contribution in [2.24, 2.45) is 11.3 Å². The Morgan fingerprint density at radius 1 is 1.24 bits per heavy atom. The van der Waals surface area contributed by atoms with Gasteiger partial charge in [0.15, 0.2) is 5.78 Å². The Morgan fingerprint density at radius 2 is 2.08 bits per heavy atom. The first-order valence-electron chi connectivity index (χ1n) is 13.7. The van der Waals surface area contributed by atoms with Gasteiger partial charge in [0.05, 0.1) is 36.0 Å². The quantitative estimate of drug-likeness (QED) is 0.312. The summed E-state index contributed by atoms with van der Waals surface area (Å²) in [5, 5.41) is 6.78. The number of aromatic amines is 1. The normalized spacial score (nSPS) is 22.4. The number of anilines is 2. The third-order valence-corrected chi connectivity index (χ3v) is 8.83. The molecule has 1 aliphatic heterocycles. The van der Waals surface area contributed by atoms with Crippen LogP contribution in [0.4, 0.5) is 11.4 Å². The Bertz CT molecular complexity index is 1250. The average molecular weight is 534 g/mol. The number of thioether (sulfide) groups is 1. The molecule has 1 aromatic carbocycles. The monoisotopic (exact) mass is 533 g/mol. The van der Waals surface area contributed by atoms with Gasteiger partial charge in [-0.15, -0.1) is 0 Å². The molecule has 8 heteroatoms. The number of nitrogens with zero attached hydrogens (tertiary/aromatic N) is 2. The van der Waals surface area contributed by atoms with Crippen LogP contribution in [0.1, 0.15) is 57.3 Å². The number of carbonyl (C=O) groups excluding carboxylic acids is 2. The number of fused-ring (bicyclic) bond motifs is 1. The minimum absolute atomic E-state index is 0.0136. The van der Waals surface area contributed by atoms with Crippen LogP contribution in [0.15, 0.2) is 54.0 Å². The third-order valence-electron chi connectivity index (χ3n) is 7.86. The Morgan fingerprint density at radius 3 is 2.84 bits per heavy atom. The van der Waals surface area contributed by atoms with Crippen LogP contribution in [-0.2, 0) is 15.3 Å². The summed E-state index contributed by atoms with van der Waals surface area (Å²) in [7, 11) is 0. The molecule has 2 heterocycles. The molecule has 2 atom stereocenters. The third kappa shape index (κ3) is 5.85. The van der Waals surface area contributed by atoms with E-state index in [0.717, 1.165) is 71.2 Å². The van der Waals surface area contributed by atoms with Crippen molar-refractivity contribution in [2.45, 2.75) is 64.7 Å². The first kappa shape index (κ1) is 26.6. The van der Waals surface area contributed by atoms with Crippen LogP contribution in [0, 0.1) is 18.3 Å². The van der Waals surface area contributed by atoms with Crippen LogP contribution in [0.3, 0.4) is 0 Å². The van der Waals surface area contributed by atoms with Crippen LogP contribution in [-0.4, -0.2) is 46.5 Å².